The Bertz CT molecular complexity index is 476. The van der Waals surface area contributed by atoms with Crippen molar-refractivity contribution >= 4 is 11.6 Å². The van der Waals surface area contributed by atoms with Crippen LogP contribution >= 0.6 is 11.6 Å². The molecule has 88 valence electrons. The molecule has 0 aliphatic heterocycles. The maximum atomic E-state index is 6.01. The van der Waals surface area contributed by atoms with Crippen molar-refractivity contribution in [3.63, 3.8) is 0 Å². The quantitative estimate of drug-likeness (QED) is 0.905. The van der Waals surface area contributed by atoms with Crippen molar-refractivity contribution < 1.29 is 4.74 Å². The number of rotatable bonds is 4. The van der Waals surface area contributed by atoms with E-state index in [-0.39, 0.29) is 6.04 Å². The molecule has 4 heteroatoms. The minimum atomic E-state index is -0.200. The molecule has 0 bridgehead atoms. The van der Waals surface area contributed by atoms with E-state index in [1.165, 1.54) is 0 Å². The number of ether oxygens (including phenoxy) is 1. The Kier molecular flexibility index (Phi) is 3.96. The Hall–Kier alpha value is -1.58. The molecule has 1 atom stereocenters. The molecule has 1 aromatic heterocycles. The van der Waals surface area contributed by atoms with Crippen LogP contribution in [0, 0.1) is 0 Å². The molecule has 1 unspecified atom stereocenters. The topological polar surface area (TPSA) is 48.1 Å². The largest absolute Gasteiger partial charge is 0.490 e. The number of benzene rings is 1. The van der Waals surface area contributed by atoms with Crippen molar-refractivity contribution in [2.45, 2.75) is 6.04 Å². The number of halogens is 1. The SMILES string of the molecule is NC(COc1cccnc1)c1cccc(Cl)c1. The predicted molar refractivity (Wildman–Crippen MR) is 68.1 cm³/mol. The summed E-state index contributed by atoms with van der Waals surface area (Å²) in [6, 6.07) is 10.9. The molecule has 2 N–H and O–H groups in total. The van der Waals surface area contributed by atoms with Gasteiger partial charge in [-0.2, -0.15) is 0 Å². The predicted octanol–water partition coefficient (Wildman–Crippen LogP) is 2.81. The van der Waals surface area contributed by atoms with Crippen LogP contribution in [0.4, 0.5) is 0 Å². The maximum absolute atomic E-state index is 6.01. The van der Waals surface area contributed by atoms with Gasteiger partial charge in [0.15, 0.2) is 0 Å². The fourth-order valence-corrected chi connectivity index (χ4v) is 1.65. The zero-order valence-corrected chi connectivity index (χ0v) is 9.97. The first-order valence-corrected chi connectivity index (χ1v) is 5.67. The van der Waals surface area contributed by atoms with E-state index in [1.54, 1.807) is 12.4 Å². The van der Waals surface area contributed by atoms with Gasteiger partial charge < -0.3 is 10.5 Å². The van der Waals surface area contributed by atoms with Crippen LogP contribution in [0.5, 0.6) is 5.75 Å². The zero-order chi connectivity index (χ0) is 12.1. The van der Waals surface area contributed by atoms with Crippen LogP contribution in [0.3, 0.4) is 0 Å². The lowest BCUT2D eigenvalue weighted by atomic mass is 10.1. The molecule has 0 amide bonds. The summed E-state index contributed by atoms with van der Waals surface area (Å²) in [6.45, 7) is 0.395. The second-order valence-corrected chi connectivity index (χ2v) is 4.10. The van der Waals surface area contributed by atoms with Crippen LogP contribution < -0.4 is 10.5 Å². The fraction of sp³-hybridized carbons (Fsp3) is 0.154. The van der Waals surface area contributed by atoms with Crippen LogP contribution in [-0.4, -0.2) is 11.6 Å². The molecular formula is C13H13ClN2O. The van der Waals surface area contributed by atoms with Crippen molar-refractivity contribution in [2.24, 2.45) is 5.73 Å². The highest BCUT2D eigenvalue weighted by Crippen LogP contribution is 2.17. The van der Waals surface area contributed by atoms with E-state index in [9.17, 15) is 0 Å². The van der Waals surface area contributed by atoms with E-state index < -0.39 is 0 Å². The monoisotopic (exact) mass is 248 g/mol. The van der Waals surface area contributed by atoms with Gasteiger partial charge in [-0.1, -0.05) is 23.7 Å². The van der Waals surface area contributed by atoms with Crippen LogP contribution in [-0.2, 0) is 0 Å². The molecule has 0 aliphatic rings. The van der Waals surface area contributed by atoms with Crippen molar-refractivity contribution in [2.75, 3.05) is 6.61 Å². The van der Waals surface area contributed by atoms with Gasteiger partial charge in [-0.3, -0.25) is 4.98 Å². The third kappa shape index (κ3) is 3.44. The van der Waals surface area contributed by atoms with Gasteiger partial charge >= 0.3 is 0 Å². The first-order valence-electron chi connectivity index (χ1n) is 5.29. The second kappa shape index (κ2) is 5.66. The van der Waals surface area contributed by atoms with Gasteiger partial charge in [0.25, 0.3) is 0 Å². The first kappa shape index (κ1) is 11.9. The van der Waals surface area contributed by atoms with E-state index in [1.807, 2.05) is 36.4 Å². The molecule has 3 nitrogen and oxygen atoms in total. The third-order valence-electron chi connectivity index (χ3n) is 2.34. The number of hydrogen-bond acceptors (Lipinski definition) is 3. The van der Waals surface area contributed by atoms with Gasteiger partial charge in [0.1, 0.15) is 12.4 Å². The Labute approximate surface area is 105 Å². The second-order valence-electron chi connectivity index (χ2n) is 3.66. The maximum Gasteiger partial charge on any atom is 0.137 e. The normalized spacial score (nSPS) is 12.1. The summed E-state index contributed by atoms with van der Waals surface area (Å²) in [5, 5.41) is 0.680. The first-order chi connectivity index (χ1) is 8.25. The average molecular weight is 249 g/mol. The summed E-state index contributed by atoms with van der Waals surface area (Å²) in [5.41, 5.74) is 6.97. The summed E-state index contributed by atoms with van der Waals surface area (Å²) in [5.74, 6) is 0.713. The van der Waals surface area contributed by atoms with Gasteiger partial charge in [-0.05, 0) is 29.8 Å². The van der Waals surface area contributed by atoms with Gasteiger partial charge in [0.05, 0.1) is 12.2 Å². The summed E-state index contributed by atoms with van der Waals surface area (Å²) >= 11 is 5.90. The highest BCUT2D eigenvalue weighted by molar-refractivity contribution is 6.30. The molecule has 0 fully saturated rings. The van der Waals surface area contributed by atoms with Gasteiger partial charge in [-0.25, -0.2) is 0 Å². The van der Waals surface area contributed by atoms with E-state index >= 15 is 0 Å². The van der Waals surface area contributed by atoms with Crippen molar-refractivity contribution in [1.82, 2.24) is 4.98 Å². The van der Waals surface area contributed by atoms with E-state index in [0.717, 1.165) is 5.56 Å². The molecule has 1 aromatic carbocycles. The van der Waals surface area contributed by atoms with Crippen molar-refractivity contribution in [3.8, 4) is 5.75 Å². The van der Waals surface area contributed by atoms with E-state index in [2.05, 4.69) is 4.98 Å². The minimum absolute atomic E-state index is 0.200. The van der Waals surface area contributed by atoms with E-state index in [4.69, 9.17) is 22.1 Å². The summed E-state index contributed by atoms with van der Waals surface area (Å²) in [7, 11) is 0. The standard InChI is InChI=1S/C13H13ClN2O/c14-11-4-1-3-10(7-11)13(15)9-17-12-5-2-6-16-8-12/h1-8,13H,9,15H2. The summed E-state index contributed by atoms with van der Waals surface area (Å²) < 4.78 is 5.53. The minimum Gasteiger partial charge on any atom is -0.490 e. The Morgan fingerprint density at radius 3 is 2.88 bits per heavy atom. The number of aromatic nitrogens is 1. The molecule has 1 heterocycles. The highest BCUT2D eigenvalue weighted by Gasteiger charge is 2.07. The van der Waals surface area contributed by atoms with Gasteiger partial charge in [0, 0.05) is 11.2 Å². The van der Waals surface area contributed by atoms with Crippen LogP contribution in [0.2, 0.25) is 5.02 Å². The number of nitrogens with two attached hydrogens (primary N) is 1. The Morgan fingerprint density at radius 2 is 2.18 bits per heavy atom. The summed E-state index contributed by atoms with van der Waals surface area (Å²) in [4.78, 5) is 3.96. The molecule has 0 radical (unpaired) electrons. The molecule has 0 saturated heterocycles. The molecule has 2 rings (SSSR count). The average Bonchev–Trinajstić information content (AvgIpc) is 2.37. The third-order valence-corrected chi connectivity index (χ3v) is 2.58. The lowest BCUT2D eigenvalue weighted by molar-refractivity contribution is 0.289. The molecule has 17 heavy (non-hydrogen) atoms. The molecule has 0 saturated carbocycles. The number of hydrogen-bond donors (Lipinski definition) is 1. The Balaban J connectivity index is 1.96. The molecule has 2 aromatic rings. The molecular weight excluding hydrogens is 236 g/mol. The van der Waals surface area contributed by atoms with Crippen LogP contribution in [0.25, 0.3) is 0 Å². The highest BCUT2D eigenvalue weighted by atomic mass is 35.5. The fourth-order valence-electron chi connectivity index (χ4n) is 1.45. The summed E-state index contributed by atoms with van der Waals surface area (Å²) in [6.07, 6.45) is 3.36. The lowest BCUT2D eigenvalue weighted by Crippen LogP contribution is -2.18. The molecule has 0 spiro atoms. The van der Waals surface area contributed by atoms with Crippen LogP contribution in [0.1, 0.15) is 11.6 Å². The smallest absolute Gasteiger partial charge is 0.137 e. The van der Waals surface area contributed by atoms with Gasteiger partial charge in [-0.15, -0.1) is 0 Å². The van der Waals surface area contributed by atoms with Crippen molar-refractivity contribution in [3.05, 3.63) is 59.4 Å². The van der Waals surface area contributed by atoms with Crippen molar-refractivity contribution in [1.29, 1.82) is 0 Å². The number of nitrogens with zero attached hydrogens (tertiary/aromatic N) is 1. The van der Waals surface area contributed by atoms with Gasteiger partial charge in [0.2, 0.25) is 0 Å². The van der Waals surface area contributed by atoms with Crippen LogP contribution in [0.15, 0.2) is 48.8 Å². The zero-order valence-electron chi connectivity index (χ0n) is 9.21. The molecule has 0 aliphatic carbocycles. The Morgan fingerprint density at radius 1 is 1.29 bits per heavy atom. The van der Waals surface area contributed by atoms with E-state index in [0.29, 0.717) is 17.4 Å². The number of pyridine rings is 1. The lowest BCUT2D eigenvalue weighted by Gasteiger charge is -2.13.